The van der Waals surface area contributed by atoms with E-state index in [4.69, 9.17) is 0 Å². The largest absolute Gasteiger partial charge is 0.353 e. The lowest BCUT2D eigenvalue weighted by atomic mass is 10.1. The van der Waals surface area contributed by atoms with Gasteiger partial charge in [0.1, 0.15) is 5.75 Å². The molecule has 0 aromatic heterocycles. The summed E-state index contributed by atoms with van der Waals surface area (Å²) in [5.41, 5.74) is 0.473. The maximum Gasteiger partial charge on any atom is 0.235 e. The van der Waals surface area contributed by atoms with Gasteiger partial charge in [-0.15, -0.1) is 0 Å². The van der Waals surface area contributed by atoms with E-state index in [2.05, 4.69) is 5.32 Å². The van der Waals surface area contributed by atoms with Gasteiger partial charge in [0.2, 0.25) is 5.91 Å². The Morgan fingerprint density at radius 2 is 1.71 bits per heavy atom. The van der Waals surface area contributed by atoms with Crippen molar-refractivity contribution in [1.82, 2.24) is 5.32 Å². The molecule has 1 rings (SSSR count). The van der Waals surface area contributed by atoms with Crippen LogP contribution in [0.2, 0.25) is 0 Å². The molecule has 1 aromatic rings. The van der Waals surface area contributed by atoms with Gasteiger partial charge in [0, 0.05) is 18.0 Å². The second-order valence-electron chi connectivity index (χ2n) is 4.94. The van der Waals surface area contributed by atoms with E-state index in [1.807, 2.05) is 13.8 Å². The van der Waals surface area contributed by atoms with Crippen LogP contribution in [0.3, 0.4) is 0 Å². The smallest absolute Gasteiger partial charge is 0.235 e. The van der Waals surface area contributed by atoms with Crippen LogP contribution in [0.15, 0.2) is 29.2 Å². The predicted octanol–water partition coefficient (Wildman–Crippen LogP) is 1.97. The van der Waals surface area contributed by atoms with Gasteiger partial charge in [-0.2, -0.15) is 0 Å². The molecule has 1 amide bonds. The maximum atomic E-state index is 12.1. The summed E-state index contributed by atoms with van der Waals surface area (Å²) in [4.78, 5) is 23.2. The number of rotatable bonds is 7. The van der Waals surface area contributed by atoms with Crippen molar-refractivity contribution in [1.29, 1.82) is 0 Å². The molecule has 0 aliphatic heterocycles. The van der Waals surface area contributed by atoms with E-state index in [0.29, 0.717) is 12.0 Å². The van der Waals surface area contributed by atoms with Crippen molar-refractivity contribution in [2.24, 2.45) is 0 Å². The van der Waals surface area contributed by atoms with Crippen LogP contribution < -0.4 is 5.32 Å². The third-order valence-electron chi connectivity index (χ3n) is 3.20. The first-order valence-electron chi connectivity index (χ1n) is 6.95. The average Bonchev–Trinajstić information content (AvgIpc) is 2.45. The van der Waals surface area contributed by atoms with E-state index in [9.17, 15) is 18.0 Å². The first kappa shape index (κ1) is 17.4. The van der Waals surface area contributed by atoms with E-state index in [0.717, 1.165) is 6.42 Å². The molecule has 1 atom stereocenters. The highest BCUT2D eigenvalue weighted by molar-refractivity contribution is 7.92. The van der Waals surface area contributed by atoms with Crippen LogP contribution in [-0.4, -0.2) is 31.9 Å². The molecule has 21 heavy (non-hydrogen) atoms. The Labute approximate surface area is 125 Å². The van der Waals surface area contributed by atoms with Crippen molar-refractivity contribution in [3.05, 3.63) is 29.8 Å². The zero-order chi connectivity index (χ0) is 16.0. The Kier molecular flexibility index (Phi) is 6.08. The standard InChI is InChI=1S/C15H21NO4S/c1-4-11(3)16-15(18)10-21(19,20)13-8-6-12(7-9-13)14(17)5-2/h6-9,11H,4-5,10H2,1-3H3,(H,16,18). The molecule has 6 heteroatoms. The summed E-state index contributed by atoms with van der Waals surface area (Å²) in [5, 5.41) is 2.62. The Hall–Kier alpha value is -1.69. The Bertz CT molecular complexity index is 605. The minimum Gasteiger partial charge on any atom is -0.353 e. The van der Waals surface area contributed by atoms with Crippen LogP contribution in [0, 0.1) is 0 Å². The summed E-state index contributed by atoms with van der Waals surface area (Å²) in [6.45, 7) is 5.46. The lowest BCUT2D eigenvalue weighted by molar-refractivity contribution is -0.119. The highest BCUT2D eigenvalue weighted by atomic mass is 32.2. The number of hydrogen-bond acceptors (Lipinski definition) is 4. The van der Waals surface area contributed by atoms with Gasteiger partial charge in [0.15, 0.2) is 15.6 Å². The fraction of sp³-hybridized carbons (Fsp3) is 0.467. The quantitative estimate of drug-likeness (QED) is 0.781. The highest BCUT2D eigenvalue weighted by Gasteiger charge is 2.20. The Morgan fingerprint density at radius 1 is 1.14 bits per heavy atom. The number of hydrogen-bond donors (Lipinski definition) is 1. The number of benzene rings is 1. The average molecular weight is 311 g/mol. The van der Waals surface area contributed by atoms with Crippen molar-refractivity contribution in [3.8, 4) is 0 Å². The molecule has 0 heterocycles. The molecule has 1 aromatic carbocycles. The summed E-state index contributed by atoms with van der Waals surface area (Å²) in [7, 11) is -3.69. The minimum absolute atomic E-state index is 0.0477. The highest BCUT2D eigenvalue weighted by Crippen LogP contribution is 2.13. The Morgan fingerprint density at radius 3 is 2.19 bits per heavy atom. The van der Waals surface area contributed by atoms with Crippen LogP contribution in [0.5, 0.6) is 0 Å². The van der Waals surface area contributed by atoms with Gasteiger partial charge < -0.3 is 5.32 Å². The second kappa shape index (κ2) is 7.36. The molecule has 0 spiro atoms. The van der Waals surface area contributed by atoms with Crippen molar-refractivity contribution < 1.29 is 18.0 Å². The lowest BCUT2D eigenvalue weighted by Gasteiger charge is -2.11. The third-order valence-corrected chi connectivity index (χ3v) is 4.83. The summed E-state index contributed by atoms with van der Waals surface area (Å²) >= 11 is 0. The third kappa shape index (κ3) is 4.97. The normalized spacial score (nSPS) is 12.7. The van der Waals surface area contributed by atoms with E-state index in [1.54, 1.807) is 6.92 Å². The van der Waals surface area contributed by atoms with Crippen LogP contribution >= 0.6 is 0 Å². The SMILES string of the molecule is CCC(=O)c1ccc(S(=O)(=O)CC(=O)NC(C)CC)cc1. The van der Waals surface area contributed by atoms with Crippen LogP contribution in [-0.2, 0) is 14.6 Å². The molecule has 5 nitrogen and oxygen atoms in total. The summed E-state index contributed by atoms with van der Waals surface area (Å²) < 4.78 is 24.2. The van der Waals surface area contributed by atoms with E-state index in [1.165, 1.54) is 24.3 Å². The molecule has 0 aliphatic rings. The van der Waals surface area contributed by atoms with Gasteiger partial charge in [-0.3, -0.25) is 9.59 Å². The van der Waals surface area contributed by atoms with E-state index < -0.39 is 21.5 Å². The topological polar surface area (TPSA) is 80.3 Å². The van der Waals surface area contributed by atoms with Gasteiger partial charge in [-0.05, 0) is 25.5 Å². The van der Waals surface area contributed by atoms with Gasteiger partial charge in [0.05, 0.1) is 4.90 Å². The molecule has 0 aliphatic carbocycles. The van der Waals surface area contributed by atoms with Crippen LogP contribution in [0.25, 0.3) is 0 Å². The fourth-order valence-electron chi connectivity index (χ4n) is 1.73. The van der Waals surface area contributed by atoms with Gasteiger partial charge in [0.25, 0.3) is 0 Å². The van der Waals surface area contributed by atoms with Gasteiger partial charge in [-0.25, -0.2) is 8.42 Å². The molecule has 1 N–H and O–H groups in total. The van der Waals surface area contributed by atoms with E-state index in [-0.39, 0.29) is 16.7 Å². The van der Waals surface area contributed by atoms with Crippen molar-refractivity contribution in [2.45, 2.75) is 44.6 Å². The zero-order valence-corrected chi connectivity index (χ0v) is 13.4. The Balaban J connectivity index is 2.83. The molecule has 116 valence electrons. The lowest BCUT2D eigenvalue weighted by Crippen LogP contribution is -2.36. The van der Waals surface area contributed by atoms with Crippen LogP contribution in [0.1, 0.15) is 44.0 Å². The number of carbonyl (C=O) groups excluding carboxylic acids is 2. The molecule has 0 saturated carbocycles. The second-order valence-corrected chi connectivity index (χ2v) is 6.93. The number of nitrogens with one attached hydrogen (secondary N) is 1. The van der Waals surface area contributed by atoms with E-state index >= 15 is 0 Å². The van der Waals surface area contributed by atoms with Crippen molar-refractivity contribution in [2.75, 3.05) is 5.75 Å². The molecule has 0 saturated heterocycles. The maximum absolute atomic E-state index is 12.1. The molecule has 1 unspecified atom stereocenters. The number of carbonyl (C=O) groups is 2. The molecular weight excluding hydrogens is 290 g/mol. The predicted molar refractivity (Wildman–Crippen MR) is 81.0 cm³/mol. The molecule has 0 bridgehead atoms. The summed E-state index contributed by atoms with van der Waals surface area (Å²) in [6.07, 6.45) is 1.10. The number of sulfone groups is 1. The molecule has 0 radical (unpaired) electrons. The van der Waals surface area contributed by atoms with Crippen molar-refractivity contribution >= 4 is 21.5 Å². The minimum atomic E-state index is -3.69. The number of Topliss-reactive ketones (excluding diaryl/α,β-unsaturated/α-hetero) is 1. The fourth-order valence-corrected chi connectivity index (χ4v) is 2.87. The van der Waals surface area contributed by atoms with Gasteiger partial charge >= 0.3 is 0 Å². The molecular formula is C15H21NO4S. The zero-order valence-electron chi connectivity index (χ0n) is 12.5. The first-order valence-corrected chi connectivity index (χ1v) is 8.60. The molecule has 0 fully saturated rings. The van der Waals surface area contributed by atoms with Crippen molar-refractivity contribution in [3.63, 3.8) is 0 Å². The van der Waals surface area contributed by atoms with Gasteiger partial charge in [-0.1, -0.05) is 26.0 Å². The summed E-state index contributed by atoms with van der Waals surface area (Å²) in [5.74, 6) is -1.15. The monoisotopic (exact) mass is 311 g/mol. The van der Waals surface area contributed by atoms with Crippen LogP contribution in [0.4, 0.5) is 0 Å². The number of ketones is 1. The summed E-state index contributed by atoms with van der Waals surface area (Å²) in [6, 6.07) is 5.64. The number of amides is 1. The first-order chi connectivity index (χ1) is 9.80.